The van der Waals surface area contributed by atoms with Gasteiger partial charge < -0.3 is 14.6 Å². The molecule has 0 spiro atoms. The van der Waals surface area contributed by atoms with Crippen LogP contribution in [-0.2, 0) is 25.5 Å². The minimum absolute atomic E-state index is 0.0326. The van der Waals surface area contributed by atoms with Crippen molar-refractivity contribution in [2.75, 3.05) is 19.8 Å². The molecule has 1 saturated carbocycles. The lowest BCUT2D eigenvalue weighted by Crippen LogP contribution is -2.43. The molecule has 1 aromatic carbocycles. The van der Waals surface area contributed by atoms with Crippen molar-refractivity contribution in [2.24, 2.45) is 11.3 Å². The number of hydrogen-bond acceptors (Lipinski definition) is 5. The first-order valence-electron chi connectivity index (χ1n) is 14.1. The van der Waals surface area contributed by atoms with Gasteiger partial charge in [0.05, 0.1) is 12.2 Å². The molecule has 2 rings (SSSR count). The van der Waals surface area contributed by atoms with Gasteiger partial charge in [0.15, 0.2) is 0 Å². The van der Waals surface area contributed by atoms with E-state index in [4.69, 9.17) is 9.47 Å². The number of ether oxygens (including phenoxy) is 2. The zero-order valence-electron chi connectivity index (χ0n) is 23.4. The quantitative estimate of drug-likeness (QED) is 0.146. The molecule has 0 bridgehead atoms. The van der Waals surface area contributed by atoms with E-state index in [0.29, 0.717) is 11.5 Å². The summed E-state index contributed by atoms with van der Waals surface area (Å²) in [6.45, 7) is 13.2. The van der Waals surface area contributed by atoms with Gasteiger partial charge in [-0.2, -0.15) is 0 Å². The van der Waals surface area contributed by atoms with E-state index in [1.165, 1.54) is 30.4 Å². The van der Waals surface area contributed by atoms with E-state index in [-0.39, 0.29) is 24.7 Å². The Morgan fingerprint density at radius 3 is 2.05 bits per heavy atom. The van der Waals surface area contributed by atoms with Crippen LogP contribution in [0.2, 0.25) is 0 Å². The molecule has 0 amide bonds. The van der Waals surface area contributed by atoms with Crippen LogP contribution in [0.4, 0.5) is 0 Å². The number of rotatable bonds is 16. The molecule has 5 nitrogen and oxygen atoms in total. The van der Waals surface area contributed by atoms with Crippen LogP contribution in [0.1, 0.15) is 102 Å². The van der Waals surface area contributed by atoms with E-state index in [1.807, 2.05) is 0 Å². The highest BCUT2D eigenvalue weighted by atomic mass is 16.5. The molecule has 1 atom stereocenters. The van der Waals surface area contributed by atoms with Crippen molar-refractivity contribution < 1.29 is 24.2 Å². The molecule has 37 heavy (non-hydrogen) atoms. The molecule has 0 saturated heterocycles. The zero-order valence-corrected chi connectivity index (χ0v) is 23.4. The molecular formula is C32H48O5. The van der Waals surface area contributed by atoms with Crippen LogP contribution < -0.4 is 0 Å². The first-order chi connectivity index (χ1) is 17.8. The average molecular weight is 513 g/mol. The molecule has 0 aliphatic heterocycles. The fraction of sp³-hybridized carbons (Fsp3) is 0.625. The number of aliphatic hydroxyl groups is 1. The Bertz CT molecular complexity index is 879. The summed E-state index contributed by atoms with van der Waals surface area (Å²) >= 11 is 0. The summed E-state index contributed by atoms with van der Waals surface area (Å²) in [5.41, 5.74) is 2.73. The minimum Gasteiger partial charge on any atom is -0.462 e. The molecule has 0 aromatic heterocycles. The van der Waals surface area contributed by atoms with Gasteiger partial charge in [-0.1, -0.05) is 77.0 Å². The normalized spacial score (nSPS) is 19.0. The summed E-state index contributed by atoms with van der Waals surface area (Å²) in [5, 5.41) is 9.29. The van der Waals surface area contributed by atoms with E-state index < -0.39 is 24.0 Å². The summed E-state index contributed by atoms with van der Waals surface area (Å²) in [6, 6.07) is 9.17. The number of benzene rings is 1. The lowest BCUT2D eigenvalue weighted by molar-refractivity contribution is -0.154. The van der Waals surface area contributed by atoms with E-state index in [1.54, 1.807) is 6.92 Å². The van der Waals surface area contributed by atoms with Gasteiger partial charge in [-0.15, -0.1) is 0 Å². The standard InChI is InChI=1S/C32H48O5/c1-6-8-10-11-26-12-14-27(15-13-26)28-16-18-29(19-17-28)32(20-9-7-2,22-36-30(34)24(3)4)23-37-31(35)25(5)21-33/h12-15,28-29,33H,3,5-11,16-23H2,1-2,4H3. The van der Waals surface area contributed by atoms with E-state index in [9.17, 15) is 14.7 Å². The number of carbonyl (C=O) groups is 2. The van der Waals surface area contributed by atoms with Gasteiger partial charge in [-0.25, -0.2) is 9.59 Å². The van der Waals surface area contributed by atoms with Crippen molar-refractivity contribution in [2.45, 2.75) is 97.3 Å². The summed E-state index contributed by atoms with van der Waals surface area (Å²) in [4.78, 5) is 24.7. The Balaban J connectivity index is 2.15. The molecule has 1 aliphatic rings. The summed E-state index contributed by atoms with van der Waals surface area (Å²) < 4.78 is 11.4. The van der Waals surface area contributed by atoms with Crippen LogP contribution >= 0.6 is 0 Å². The van der Waals surface area contributed by atoms with Crippen molar-refractivity contribution in [3.63, 3.8) is 0 Å². The number of carbonyl (C=O) groups excluding carboxylic acids is 2. The Hall–Kier alpha value is -2.40. The van der Waals surface area contributed by atoms with Gasteiger partial charge >= 0.3 is 11.9 Å². The second-order valence-electron chi connectivity index (χ2n) is 10.9. The third kappa shape index (κ3) is 9.45. The van der Waals surface area contributed by atoms with Gasteiger partial charge in [0.25, 0.3) is 0 Å². The Morgan fingerprint density at radius 1 is 0.919 bits per heavy atom. The van der Waals surface area contributed by atoms with Crippen LogP contribution in [-0.4, -0.2) is 36.9 Å². The Labute approximate surface area is 224 Å². The van der Waals surface area contributed by atoms with Crippen LogP contribution in [0.15, 0.2) is 48.6 Å². The second kappa shape index (κ2) is 15.8. The van der Waals surface area contributed by atoms with Crippen molar-refractivity contribution in [1.29, 1.82) is 0 Å². The largest absolute Gasteiger partial charge is 0.462 e. The number of esters is 2. The molecule has 1 unspecified atom stereocenters. The topological polar surface area (TPSA) is 72.8 Å². The lowest BCUT2D eigenvalue weighted by Gasteiger charge is -2.43. The SMILES string of the molecule is C=C(C)C(=O)OCC(CCCC)(COC(=O)C(=C)CO)C1CCC(c2ccc(CCCCC)cc2)CC1. The predicted molar refractivity (Wildman–Crippen MR) is 149 cm³/mol. The highest BCUT2D eigenvalue weighted by Gasteiger charge is 2.43. The van der Waals surface area contributed by atoms with Gasteiger partial charge in [-0.05, 0) is 74.8 Å². The van der Waals surface area contributed by atoms with Crippen molar-refractivity contribution in [3.05, 3.63) is 59.7 Å². The predicted octanol–water partition coefficient (Wildman–Crippen LogP) is 7.08. The van der Waals surface area contributed by atoms with E-state index in [0.717, 1.165) is 51.4 Å². The molecule has 5 heteroatoms. The first-order valence-corrected chi connectivity index (χ1v) is 14.1. The number of hydrogen-bond donors (Lipinski definition) is 1. The molecule has 1 aromatic rings. The highest BCUT2D eigenvalue weighted by Crippen LogP contribution is 2.47. The molecule has 0 radical (unpaired) electrons. The van der Waals surface area contributed by atoms with Crippen LogP contribution in [0, 0.1) is 11.3 Å². The first kappa shape index (κ1) is 30.8. The Kier molecular flexibility index (Phi) is 13.1. The van der Waals surface area contributed by atoms with Crippen LogP contribution in [0.5, 0.6) is 0 Å². The highest BCUT2D eigenvalue weighted by molar-refractivity contribution is 5.88. The number of unbranched alkanes of at least 4 members (excludes halogenated alkanes) is 3. The third-order valence-corrected chi connectivity index (χ3v) is 7.95. The van der Waals surface area contributed by atoms with Crippen molar-refractivity contribution >= 4 is 11.9 Å². The van der Waals surface area contributed by atoms with Crippen molar-refractivity contribution in [1.82, 2.24) is 0 Å². The summed E-state index contributed by atoms with van der Waals surface area (Å²) in [7, 11) is 0. The number of aryl methyl sites for hydroxylation is 1. The molecular weight excluding hydrogens is 464 g/mol. The number of aliphatic hydroxyl groups excluding tert-OH is 1. The zero-order chi connectivity index (χ0) is 27.3. The Morgan fingerprint density at radius 2 is 1.51 bits per heavy atom. The van der Waals surface area contributed by atoms with Gasteiger partial charge in [-0.3, -0.25) is 0 Å². The maximum Gasteiger partial charge on any atom is 0.335 e. The van der Waals surface area contributed by atoms with E-state index in [2.05, 4.69) is 51.3 Å². The smallest absolute Gasteiger partial charge is 0.335 e. The minimum atomic E-state index is -0.595. The third-order valence-electron chi connectivity index (χ3n) is 7.95. The second-order valence-corrected chi connectivity index (χ2v) is 10.9. The van der Waals surface area contributed by atoms with Gasteiger partial charge in [0.2, 0.25) is 0 Å². The summed E-state index contributed by atoms with van der Waals surface area (Å²) in [5.74, 6) is -0.238. The maximum absolute atomic E-state index is 12.4. The maximum atomic E-state index is 12.4. The summed E-state index contributed by atoms with van der Waals surface area (Å²) in [6.07, 6.45) is 11.7. The van der Waals surface area contributed by atoms with Crippen LogP contribution in [0.3, 0.4) is 0 Å². The molecule has 1 fully saturated rings. The molecule has 1 aliphatic carbocycles. The average Bonchev–Trinajstić information content (AvgIpc) is 2.92. The molecule has 0 heterocycles. The van der Waals surface area contributed by atoms with Crippen molar-refractivity contribution in [3.8, 4) is 0 Å². The van der Waals surface area contributed by atoms with E-state index >= 15 is 0 Å². The molecule has 1 N–H and O–H groups in total. The lowest BCUT2D eigenvalue weighted by atomic mass is 9.64. The monoisotopic (exact) mass is 512 g/mol. The van der Waals surface area contributed by atoms with Gasteiger partial charge in [0, 0.05) is 11.0 Å². The van der Waals surface area contributed by atoms with Gasteiger partial charge in [0.1, 0.15) is 13.2 Å². The van der Waals surface area contributed by atoms with Crippen LogP contribution in [0.25, 0.3) is 0 Å². The fourth-order valence-corrected chi connectivity index (χ4v) is 5.44. The fourth-order valence-electron chi connectivity index (χ4n) is 5.44. The molecule has 206 valence electrons.